The fourth-order valence-corrected chi connectivity index (χ4v) is 3.65. The summed E-state index contributed by atoms with van der Waals surface area (Å²) in [6, 6.07) is 0.315. The largest absolute Gasteiger partial charge is 0.328 e. The zero-order chi connectivity index (χ0) is 10.4. The average molecular weight is 217 g/mol. The van der Waals surface area contributed by atoms with Crippen molar-refractivity contribution >= 4 is 10.8 Å². The molecule has 1 fully saturated rings. The summed E-state index contributed by atoms with van der Waals surface area (Å²) in [7, 11) is -0.569. The van der Waals surface area contributed by atoms with Gasteiger partial charge in [-0.25, -0.2) is 0 Å². The minimum absolute atomic E-state index is 0.315. The van der Waals surface area contributed by atoms with Crippen LogP contribution in [-0.2, 0) is 10.8 Å². The minimum Gasteiger partial charge on any atom is -0.328 e. The highest BCUT2D eigenvalue weighted by Crippen LogP contribution is 2.23. The van der Waals surface area contributed by atoms with Crippen molar-refractivity contribution in [3.63, 3.8) is 0 Å². The van der Waals surface area contributed by atoms with Crippen LogP contribution < -0.4 is 5.73 Å². The van der Waals surface area contributed by atoms with Gasteiger partial charge in [0.2, 0.25) is 0 Å². The Morgan fingerprint density at radius 1 is 1.43 bits per heavy atom. The fraction of sp³-hybridized carbons (Fsp3) is 1.00. The van der Waals surface area contributed by atoms with Crippen molar-refractivity contribution in [2.75, 3.05) is 5.75 Å². The van der Waals surface area contributed by atoms with Gasteiger partial charge in [0.05, 0.1) is 0 Å². The van der Waals surface area contributed by atoms with Gasteiger partial charge in [-0.3, -0.25) is 4.21 Å². The lowest BCUT2D eigenvalue weighted by atomic mass is 10.1. The summed E-state index contributed by atoms with van der Waals surface area (Å²) in [6.45, 7) is 2.11. The molecule has 0 amide bonds. The first kappa shape index (κ1) is 12.2. The highest BCUT2D eigenvalue weighted by Gasteiger charge is 2.20. The molecule has 2 unspecified atom stereocenters. The average Bonchev–Trinajstić information content (AvgIpc) is 2.70. The second-order valence-corrected chi connectivity index (χ2v) is 6.14. The zero-order valence-corrected chi connectivity index (χ0v) is 10.0. The maximum Gasteiger partial charge on any atom is 0.0348 e. The fourth-order valence-electron chi connectivity index (χ4n) is 2.01. The molecule has 0 aromatic carbocycles. The first-order chi connectivity index (χ1) is 6.74. The van der Waals surface area contributed by atoms with Gasteiger partial charge in [0, 0.05) is 27.8 Å². The Bertz CT molecular complexity index is 178. The summed E-state index contributed by atoms with van der Waals surface area (Å²) in [4.78, 5) is 0. The predicted octanol–water partition coefficient (Wildman–Crippen LogP) is 2.20. The molecular formula is C11H23NOS. The smallest absolute Gasteiger partial charge is 0.0348 e. The molecule has 1 rings (SSSR count). The molecule has 0 aromatic heterocycles. The van der Waals surface area contributed by atoms with Crippen molar-refractivity contribution < 1.29 is 4.21 Å². The monoisotopic (exact) mass is 217 g/mol. The molecule has 1 aliphatic carbocycles. The van der Waals surface area contributed by atoms with Crippen molar-refractivity contribution in [2.45, 2.75) is 63.2 Å². The zero-order valence-electron chi connectivity index (χ0n) is 9.21. The van der Waals surface area contributed by atoms with E-state index in [1.54, 1.807) is 0 Å². The van der Waals surface area contributed by atoms with Gasteiger partial charge in [0.25, 0.3) is 0 Å². The van der Waals surface area contributed by atoms with Crippen molar-refractivity contribution in [2.24, 2.45) is 5.73 Å². The van der Waals surface area contributed by atoms with E-state index < -0.39 is 10.8 Å². The Balaban J connectivity index is 2.08. The molecule has 0 aromatic rings. The third kappa shape index (κ3) is 4.09. The third-order valence-electron chi connectivity index (χ3n) is 3.12. The van der Waals surface area contributed by atoms with Crippen LogP contribution in [0.5, 0.6) is 0 Å². The number of rotatable bonds is 6. The molecule has 3 heteroatoms. The number of nitrogens with two attached hydrogens (primary N) is 1. The van der Waals surface area contributed by atoms with E-state index in [9.17, 15) is 4.21 Å². The lowest BCUT2D eigenvalue weighted by Gasteiger charge is -2.11. The molecule has 0 heterocycles. The van der Waals surface area contributed by atoms with E-state index in [0.29, 0.717) is 11.3 Å². The van der Waals surface area contributed by atoms with Gasteiger partial charge < -0.3 is 5.73 Å². The van der Waals surface area contributed by atoms with Gasteiger partial charge in [-0.2, -0.15) is 0 Å². The Morgan fingerprint density at radius 2 is 2.07 bits per heavy atom. The molecule has 1 saturated carbocycles. The number of hydrogen-bond acceptors (Lipinski definition) is 2. The van der Waals surface area contributed by atoms with Gasteiger partial charge in [-0.05, 0) is 32.1 Å². The highest BCUT2D eigenvalue weighted by molar-refractivity contribution is 7.85. The molecule has 0 spiro atoms. The van der Waals surface area contributed by atoms with Crippen molar-refractivity contribution in [3.05, 3.63) is 0 Å². The standard InChI is InChI=1S/C11H23NOS/c1-2-10(12)6-5-9-14(13)11-7-3-4-8-11/h10-11H,2-9,12H2,1H3. The molecule has 2 N–H and O–H groups in total. The summed E-state index contributed by atoms with van der Waals surface area (Å²) in [5.41, 5.74) is 5.81. The van der Waals surface area contributed by atoms with Crippen molar-refractivity contribution in [1.82, 2.24) is 0 Å². The predicted molar refractivity (Wildman–Crippen MR) is 62.8 cm³/mol. The molecule has 2 nitrogen and oxygen atoms in total. The molecule has 14 heavy (non-hydrogen) atoms. The highest BCUT2D eigenvalue weighted by atomic mass is 32.2. The van der Waals surface area contributed by atoms with Gasteiger partial charge >= 0.3 is 0 Å². The Kier molecular flexibility index (Phi) is 5.71. The topological polar surface area (TPSA) is 43.1 Å². The van der Waals surface area contributed by atoms with Crippen LogP contribution in [0.25, 0.3) is 0 Å². The van der Waals surface area contributed by atoms with E-state index in [4.69, 9.17) is 5.73 Å². The first-order valence-electron chi connectivity index (χ1n) is 5.86. The Hall–Kier alpha value is 0.110. The van der Waals surface area contributed by atoms with Crippen LogP contribution in [-0.4, -0.2) is 21.3 Å². The van der Waals surface area contributed by atoms with Crippen LogP contribution >= 0.6 is 0 Å². The summed E-state index contributed by atoms with van der Waals surface area (Å²) in [5, 5.41) is 0.507. The van der Waals surface area contributed by atoms with E-state index in [1.807, 2.05) is 0 Å². The molecule has 0 aliphatic heterocycles. The lowest BCUT2D eigenvalue weighted by molar-refractivity contribution is 0.584. The molecule has 0 saturated heterocycles. The summed E-state index contributed by atoms with van der Waals surface area (Å²) >= 11 is 0. The van der Waals surface area contributed by atoms with Crippen LogP contribution in [0.2, 0.25) is 0 Å². The van der Waals surface area contributed by atoms with Gasteiger partial charge in [0.1, 0.15) is 0 Å². The molecule has 1 aliphatic rings. The van der Waals surface area contributed by atoms with Gasteiger partial charge in [-0.15, -0.1) is 0 Å². The molecule has 84 valence electrons. The second kappa shape index (κ2) is 6.57. The molecular weight excluding hydrogens is 194 g/mol. The van der Waals surface area contributed by atoms with Crippen LogP contribution in [0.1, 0.15) is 51.9 Å². The van der Waals surface area contributed by atoms with E-state index in [2.05, 4.69) is 6.92 Å². The molecule has 0 radical (unpaired) electrons. The van der Waals surface area contributed by atoms with Crippen LogP contribution in [0.15, 0.2) is 0 Å². The normalized spacial score (nSPS) is 22.4. The van der Waals surface area contributed by atoms with Crippen LogP contribution in [0, 0.1) is 0 Å². The first-order valence-corrected chi connectivity index (χ1v) is 7.25. The Morgan fingerprint density at radius 3 is 2.64 bits per heavy atom. The SMILES string of the molecule is CCC(N)CCCS(=O)C1CCCC1. The Labute approximate surface area is 90.1 Å². The van der Waals surface area contributed by atoms with Gasteiger partial charge in [-0.1, -0.05) is 19.8 Å². The molecule has 0 bridgehead atoms. The van der Waals surface area contributed by atoms with Gasteiger partial charge in [0.15, 0.2) is 0 Å². The second-order valence-electron chi connectivity index (χ2n) is 4.30. The summed E-state index contributed by atoms with van der Waals surface area (Å²) < 4.78 is 11.8. The van der Waals surface area contributed by atoms with E-state index in [1.165, 1.54) is 25.7 Å². The van der Waals surface area contributed by atoms with Crippen LogP contribution in [0.3, 0.4) is 0 Å². The van der Waals surface area contributed by atoms with Crippen molar-refractivity contribution in [1.29, 1.82) is 0 Å². The summed E-state index contributed by atoms with van der Waals surface area (Å²) in [6.07, 6.45) is 8.05. The quantitative estimate of drug-likeness (QED) is 0.741. The minimum atomic E-state index is -0.569. The van der Waals surface area contributed by atoms with Crippen LogP contribution in [0.4, 0.5) is 0 Å². The maximum absolute atomic E-state index is 11.8. The van der Waals surface area contributed by atoms with E-state index >= 15 is 0 Å². The third-order valence-corrected chi connectivity index (χ3v) is 5.02. The molecule has 2 atom stereocenters. The number of hydrogen-bond donors (Lipinski definition) is 1. The van der Waals surface area contributed by atoms with Crippen molar-refractivity contribution in [3.8, 4) is 0 Å². The van der Waals surface area contributed by atoms with E-state index in [-0.39, 0.29) is 0 Å². The maximum atomic E-state index is 11.8. The lowest BCUT2D eigenvalue weighted by Crippen LogP contribution is -2.20. The van der Waals surface area contributed by atoms with E-state index in [0.717, 1.165) is 25.0 Å². The summed E-state index contributed by atoms with van der Waals surface area (Å²) in [5.74, 6) is 0.873.